The van der Waals surface area contributed by atoms with E-state index in [2.05, 4.69) is 17.4 Å². The molecule has 4 rings (SSSR count). The molecule has 2 N–H and O–H groups in total. The van der Waals surface area contributed by atoms with Crippen molar-refractivity contribution in [3.63, 3.8) is 0 Å². The molecule has 1 unspecified atom stereocenters. The highest BCUT2D eigenvalue weighted by Crippen LogP contribution is 2.44. The summed E-state index contributed by atoms with van der Waals surface area (Å²) in [7, 11) is 0. The Bertz CT molecular complexity index is 1070. The van der Waals surface area contributed by atoms with Gasteiger partial charge in [-0.25, -0.2) is 9.59 Å². The number of nitrogens with zero attached hydrogens (tertiary/aromatic N) is 1. The van der Waals surface area contributed by atoms with E-state index >= 15 is 0 Å². The molecule has 2 aromatic rings. The fourth-order valence-electron chi connectivity index (χ4n) is 4.35. The third-order valence-electron chi connectivity index (χ3n) is 6.07. The highest BCUT2D eigenvalue weighted by Gasteiger charge is 2.39. The number of nitrogens with one attached hydrogen (secondary N) is 1. The van der Waals surface area contributed by atoms with Crippen LogP contribution in [-0.2, 0) is 19.1 Å². The van der Waals surface area contributed by atoms with Gasteiger partial charge < -0.3 is 24.8 Å². The Kier molecular flexibility index (Phi) is 7.37. The maximum atomic E-state index is 13.2. The lowest BCUT2D eigenvalue weighted by atomic mass is 9.98. The van der Waals surface area contributed by atoms with Crippen LogP contribution in [0.4, 0.5) is 4.79 Å². The van der Waals surface area contributed by atoms with E-state index in [4.69, 9.17) is 9.47 Å². The second-order valence-electron chi connectivity index (χ2n) is 9.61. The fraction of sp³-hybridized carbons (Fsp3) is 0.423. The number of amides is 2. The predicted octanol–water partition coefficient (Wildman–Crippen LogP) is 3.69. The summed E-state index contributed by atoms with van der Waals surface area (Å²) in [5.41, 5.74) is 3.87. The number of alkyl carbamates (subject to hydrolysis) is 1. The topological polar surface area (TPSA) is 105 Å². The molecule has 0 bridgehead atoms. The first-order chi connectivity index (χ1) is 16.7. The Morgan fingerprint density at radius 2 is 1.69 bits per heavy atom. The van der Waals surface area contributed by atoms with Gasteiger partial charge in [-0.2, -0.15) is 0 Å². The van der Waals surface area contributed by atoms with Crippen molar-refractivity contribution < 1.29 is 29.0 Å². The van der Waals surface area contributed by atoms with Crippen LogP contribution in [0.15, 0.2) is 48.5 Å². The van der Waals surface area contributed by atoms with Gasteiger partial charge in [-0.05, 0) is 43.0 Å². The normalized spacial score (nSPS) is 18.0. The summed E-state index contributed by atoms with van der Waals surface area (Å²) in [6, 6.07) is 14.1. The number of carbonyl (C=O) groups is 3. The van der Waals surface area contributed by atoms with Crippen molar-refractivity contribution >= 4 is 29.7 Å². The number of hydrogen-bond acceptors (Lipinski definition) is 6. The minimum absolute atomic E-state index is 0.0972. The number of ether oxygens (including phenoxy) is 2. The van der Waals surface area contributed by atoms with Crippen molar-refractivity contribution in [2.45, 2.75) is 44.4 Å². The van der Waals surface area contributed by atoms with Gasteiger partial charge in [0.15, 0.2) is 0 Å². The lowest BCUT2D eigenvalue weighted by Crippen LogP contribution is -2.54. The molecule has 1 saturated heterocycles. The van der Waals surface area contributed by atoms with Crippen LogP contribution in [0.5, 0.6) is 0 Å². The molecule has 1 fully saturated rings. The average molecular weight is 499 g/mol. The molecular weight excluding hydrogens is 468 g/mol. The van der Waals surface area contributed by atoms with Gasteiger partial charge in [-0.1, -0.05) is 48.5 Å². The first-order valence-corrected chi connectivity index (χ1v) is 12.7. The number of carboxylic acid groups (broad SMARTS) is 1. The Morgan fingerprint density at radius 1 is 1.09 bits per heavy atom. The molecule has 1 aliphatic carbocycles. The minimum Gasteiger partial charge on any atom is -0.480 e. The van der Waals surface area contributed by atoms with Crippen LogP contribution < -0.4 is 5.32 Å². The summed E-state index contributed by atoms with van der Waals surface area (Å²) < 4.78 is 11.4. The summed E-state index contributed by atoms with van der Waals surface area (Å²) in [4.78, 5) is 38.9. The standard InChI is InChI=1S/C26H30N2O6S/c1-26(2,3)34-13-21(23(29)28-15-35-14-22(28)24(30)31)27-25(32)33-12-20-18-10-6-4-8-16(18)17-9-5-7-11-19(17)20/h4-11,20-22H,12-15H2,1-3H3,(H,27,32)(H,30,31)/t21-,22?/m0/s1. The number of carboxylic acids is 1. The molecule has 9 heteroatoms. The van der Waals surface area contributed by atoms with Crippen molar-refractivity contribution in [3.8, 4) is 11.1 Å². The molecule has 8 nitrogen and oxygen atoms in total. The maximum Gasteiger partial charge on any atom is 0.407 e. The first-order valence-electron chi connectivity index (χ1n) is 11.5. The SMILES string of the molecule is CC(C)(C)OC[C@H](NC(=O)OCC1c2ccccc2-c2ccccc21)C(=O)N1CSCC1C(=O)O. The molecule has 186 valence electrons. The molecule has 0 aromatic heterocycles. The number of benzene rings is 2. The number of rotatable bonds is 7. The molecular formula is C26H30N2O6S. The van der Waals surface area contributed by atoms with Gasteiger partial charge in [0.05, 0.1) is 18.1 Å². The lowest BCUT2D eigenvalue weighted by molar-refractivity contribution is -0.149. The largest absolute Gasteiger partial charge is 0.480 e. The predicted molar refractivity (Wildman–Crippen MR) is 133 cm³/mol. The van der Waals surface area contributed by atoms with Crippen LogP contribution in [0.3, 0.4) is 0 Å². The van der Waals surface area contributed by atoms with Gasteiger partial charge in [0, 0.05) is 11.7 Å². The highest BCUT2D eigenvalue weighted by molar-refractivity contribution is 7.99. The zero-order valence-electron chi connectivity index (χ0n) is 20.0. The van der Waals surface area contributed by atoms with Gasteiger partial charge >= 0.3 is 12.1 Å². The molecule has 2 amide bonds. The second kappa shape index (κ2) is 10.3. The van der Waals surface area contributed by atoms with Gasteiger partial charge in [0.1, 0.15) is 18.7 Å². The van der Waals surface area contributed by atoms with Crippen molar-refractivity contribution in [2.75, 3.05) is 24.8 Å². The molecule has 2 atom stereocenters. The molecule has 2 aliphatic rings. The Hall–Kier alpha value is -3.04. The van der Waals surface area contributed by atoms with Gasteiger partial charge in [0.25, 0.3) is 0 Å². The van der Waals surface area contributed by atoms with Crippen LogP contribution in [0.2, 0.25) is 0 Å². The van der Waals surface area contributed by atoms with Crippen LogP contribution in [0, 0.1) is 0 Å². The number of thioether (sulfide) groups is 1. The van der Waals surface area contributed by atoms with E-state index in [1.165, 1.54) is 16.7 Å². The summed E-state index contributed by atoms with van der Waals surface area (Å²) in [6.45, 7) is 5.53. The van der Waals surface area contributed by atoms with Crippen molar-refractivity contribution in [1.82, 2.24) is 10.2 Å². The van der Waals surface area contributed by atoms with Crippen molar-refractivity contribution in [2.24, 2.45) is 0 Å². The zero-order valence-corrected chi connectivity index (χ0v) is 20.8. The quantitative estimate of drug-likeness (QED) is 0.600. The fourth-order valence-corrected chi connectivity index (χ4v) is 5.51. The Balaban J connectivity index is 1.45. The molecule has 0 radical (unpaired) electrons. The third-order valence-corrected chi connectivity index (χ3v) is 7.08. The van der Waals surface area contributed by atoms with Gasteiger partial charge in [0.2, 0.25) is 5.91 Å². The summed E-state index contributed by atoms with van der Waals surface area (Å²) >= 11 is 1.36. The van der Waals surface area contributed by atoms with E-state index in [1.54, 1.807) is 0 Å². The average Bonchev–Trinajstić information content (AvgIpc) is 3.43. The van der Waals surface area contributed by atoms with Gasteiger partial charge in [-0.15, -0.1) is 11.8 Å². The smallest absolute Gasteiger partial charge is 0.407 e. The number of aliphatic carboxylic acids is 1. The second-order valence-corrected chi connectivity index (χ2v) is 10.6. The number of fused-ring (bicyclic) bond motifs is 3. The van der Waals surface area contributed by atoms with E-state index in [0.29, 0.717) is 5.75 Å². The molecule has 1 aliphatic heterocycles. The van der Waals surface area contributed by atoms with Crippen LogP contribution in [0.1, 0.15) is 37.8 Å². The third kappa shape index (κ3) is 5.62. The van der Waals surface area contributed by atoms with Gasteiger partial charge in [-0.3, -0.25) is 4.79 Å². The van der Waals surface area contributed by atoms with E-state index < -0.39 is 35.7 Å². The first kappa shape index (κ1) is 25.1. The monoisotopic (exact) mass is 498 g/mol. The van der Waals surface area contributed by atoms with E-state index in [1.807, 2.05) is 57.2 Å². The highest BCUT2D eigenvalue weighted by atomic mass is 32.2. The molecule has 0 spiro atoms. The van der Waals surface area contributed by atoms with Crippen LogP contribution in [0.25, 0.3) is 11.1 Å². The van der Waals surface area contributed by atoms with E-state index in [0.717, 1.165) is 22.3 Å². The molecule has 0 saturated carbocycles. The summed E-state index contributed by atoms with van der Waals surface area (Å²) in [6.07, 6.45) is -0.749. The minimum atomic E-state index is -1.07. The van der Waals surface area contributed by atoms with Crippen LogP contribution >= 0.6 is 11.8 Å². The van der Waals surface area contributed by atoms with Crippen molar-refractivity contribution in [3.05, 3.63) is 59.7 Å². The number of hydrogen-bond donors (Lipinski definition) is 2. The molecule has 1 heterocycles. The van der Waals surface area contributed by atoms with E-state index in [-0.39, 0.29) is 25.0 Å². The Morgan fingerprint density at radius 3 is 2.26 bits per heavy atom. The molecule has 35 heavy (non-hydrogen) atoms. The summed E-state index contributed by atoms with van der Waals surface area (Å²) in [5, 5.41) is 12.1. The maximum absolute atomic E-state index is 13.2. The van der Waals surface area contributed by atoms with Crippen LogP contribution in [-0.4, -0.2) is 70.5 Å². The number of carbonyl (C=O) groups excluding carboxylic acids is 2. The summed E-state index contributed by atoms with van der Waals surface area (Å²) in [5.74, 6) is -1.13. The van der Waals surface area contributed by atoms with Crippen molar-refractivity contribution in [1.29, 1.82) is 0 Å². The lowest BCUT2D eigenvalue weighted by Gasteiger charge is -2.29. The zero-order chi connectivity index (χ0) is 25.2. The molecule has 2 aromatic carbocycles. The Labute approximate surface area is 209 Å². The van der Waals surface area contributed by atoms with E-state index in [9.17, 15) is 19.5 Å².